The summed E-state index contributed by atoms with van der Waals surface area (Å²) in [5, 5.41) is 3.60. The van der Waals surface area contributed by atoms with Gasteiger partial charge in [-0.15, -0.1) is 0 Å². The molecule has 0 aromatic heterocycles. The van der Waals surface area contributed by atoms with Crippen LogP contribution < -0.4 is 5.32 Å². The summed E-state index contributed by atoms with van der Waals surface area (Å²) in [5.41, 5.74) is 2.79. The van der Waals surface area contributed by atoms with E-state index in [1.807, 2.05) is 0 Å². The van der Waals surface area contributed by atoms with Gasteiger partial charge in [0.05, 0.1) is 6.61 Å². The Morgan fingerprint density at radius 3 is 2.80 bits per heavy atom. The third kappa shape index (κ3) is 3.31. The Morgan fingerprint density at radius 1 is 1.25 bits per heavy atom. The molecule has 0 spiro atoms. The highest BCUT2D eigenvalue weighted by Crippen LogP contribution is 2.39. The number of fused-ring (bicyclic) bond motifs is 1. The summed E-state index contributed by atoms with van der Waals surface area (Å²) in [4.78, 5) is 0. The molecule has 0 bridgehead atoms. The van der Waals surface area contributed by atoms with Gasteiger partial charge in [0.1, 0.15) is 0 Å². The number of hydrogen-bond acceptors (Lipinski definition) is 2. The molecule has 110 valence electrons. The van der Waals surface area contributed by atoms with E-state index in [1.54, 1.807) is 0 Å². The van der Waals surface area contributed by atoms with Gasteiger partial charge in [-0.05, 0) is 44.4 Å². The van der Waals surface area contributed by atoms with Crippen LogP contribution in [0.25, 0.3) is 6.08 Å². The van der Waals surface area contributed by atoms with Gasteiger partial charge in [-0.2, -0.15) is 0 Å². The summed E-state index contributed by atoms with van der Waals surface area (Å²) >= 11 is 0. The maximum Gasteiger partial charge on any atom is 0.0598 e. The van der Waals surface area contributed by atoms with E-state index in [9.17, 15) is 0 Å². The van der Waals surface area contributed by atoms with E-state index in [2.05, 4.69) is 62.5 Å². The molecule has 1 aromatic rings. The van der Waals surface area contributed by atoms with Gasteiger partial charge in [-0.3, -0.25) is 0 Å². The molecule has 0 saturated carbocycles. The minimum Gasteiger partial charge on any atom is -0.380 e. The van der Waals surface area contributed by atoms with Gasteiger partial charge >= 0.3 is 0 Å². The van der Waals surface area contributed by atoms with Gasteiger partial charge in [0.15, 0.2) is 0 Å². The van der Waals surface area contributed by atoms with Gasteiger partial charge in [-0.25, -0.2) is 0 Å². The minimum atomic E-state index is 0.0345. The summed E-state index contributed by atoms with van der Waals surface area (Å²) < 4.78 is 5.80. The van der Waals surface area contributed by atoms with Crippen molar-refractivity contribution in [1.29, 1.82) is 0 Å². The number of ether oxygens (including phenoxy) is 1. The smallest absolute Gasteiger partial charge is 0.0598 e. The molecule has 1 N–H and O–H groups in total. The van der Waals surface area contributed by atoms with Crippen LogP contribution >= 0.6 is 0 Å². The van der Waals surface area contributed by atoms with Crippen LogP contribution in [0.5, 0.6) is 0 Å². The van der Waals surface area contributed by atoms with E-state index in [4.69, 9.17) is 4.74 Å². The third-order valence-electron chi connectivity index (χ3n) is 4.06. The average molecular weight is 273 g/mol. The SMILES string of the molecule is CCCNC(C)CC1(COCC)C=Cc2ccccc21. The first kappa shape index (κ1) is 15.3. The number of benzene rings is 1. The lowest BCUT2D eigenvalue weighted by molar-refractivity contribution is 0.103. The lowest BCUT2D eigenvalue weighted by Crippen LogP contribution is -2.38. The molecule has 0 fully saturated rings. The molecule has 0 heterocycles. The zero-order chi connectivity index (χ0) is 14.4. The molecule has 1 aliphatic carbocycles. The molecule has 2 atom stereocenters. The van der Waals surface area contributed by atoms with Crippen molar-refractivity contribution in [2.45, 2.75) is 45.1 Å². The Bertz CT molecular complexity index is 454. The van der Waals surface area contributed by atoms with Crippen LogP contribution in [0, 0.1) is 0 Å². The number of nitrogens with one attached hydrogen (secondary N) is 1. The molecule has 0 aliphatic heterocycles. The maximum atomic E-state index is 5.80. The van der Waals surface area contributed by atoms with Crippen molar-refractivity contribution < 1.29 is 4.74 Å². The molecule has 2 nitrogen and oxygen atoms in total. The van der Waals surface area contributed by atoms with Gasteiger partial charge in [0.25, 0.3) is 0 Å². The van der Waals surface area contributed by atoms with Crippen molar-refractivity contribution in [2.24, 2.45) is 0 Å². The van der Waals surface area contributed by atoms with Crippen LogP contribution in [-0.2, 0) is 10.2 Å². The number of rotatable bonds is 8. The Balaban J connectivity index is 2.17. The van der Waals surface area contributed by atoms with Crippen molar-refractivity contribution in [3.8, 4) is 0 Å². The fourth-order valence-electron chi connectivity index (χ4n) is 3.09. The van der Waals surface area contributed by atoms with Gasteiger partial charge in [0.2, 0.25) is 0 Å². The molecule has 0 radical (unpaired) electrons. The average Bonchev–Trinajstić information content (AvgIpc) is 2.83. The Morgan fingerprint density at radius 2 is 2.05 bits per heavy atom. The molecule has 1 aromatic carbocycles. The van der Waals surface area contributed by atoms with Crippen molar-refractivity contribution in [3.05, 3.63) is 41.5 Å². The Kier molecular flexibility index (Phi) is 5.38. The summed E-state index contributed by atoms with van der Waals surface area (Å²) in [6, 6.07) is 9.19. The van der Waals surface area contributed by atoms with Crippen molar-refractivity contribution >= 4 is 6.08 Å². The van der Waals surface area contributed by atoms with Crippen LogP contribution in [0.1, 0.15) is 44.7 Å². The van der Waals surface area contributed by atoms with E-state index in [0.717, 1.165) is 26.2 Å². The van der Waals surface area contributed by atoms with Crippen molar-refractivity contribution in [2.75, 3.05) is 19.8 Å². The van der Waals surface area contributed by atoms with Gasteiger partial charge in [-0.1, -0.05) is 43.3 Å². The van der Waals surface area contributed by atoms with E-state index in [-0.39, 0.29) is 5.41 Å². The predicted octanol–water partition coefficient (Wildman–Crippen LogP) is 3.77. The second-order valence-electron chi connectivity index (χ2n) is 5.77. The lowest BCUT2D eigenvalue weighted by Gasteiger charge is -2.32. The fourth-order valence-corrected chi connectivity index (χ4v) is 3.09. The molecule has 20 heavy (non-hydrogen) atoms. The molecular weight excluding hydrogens is 246 g/mol. The van der Waals surface area contributed by atoms with Crippen LogP contribution in [0.2, 0.25) is 0 Å². The first-order valence-corrected chi connectivity index (χ1v) is 7.81. The second kappa shape index (κ2) is 7.05. The molecule has 0 amide bonds. The largest absolute Gasteiger partial charge is 0.380 e. The van der Waals surface area contributed by atoms with E-state index in [0.29, 0.717) is 6.04 Å². The summed E-state index contributed by atoms with van der Waals surface area (Å²) in [5.74, 6) is 0. The molecule has 2 rings (SSSR count). The zero-order valence-corrected chi connectivity index (χ0v) is 13.0. The van der Waals surface area contributed by atoms with Crippen LogP contribution in [0.15, 0.2) is 30.3 Å². The Labute approximate surface area is 123 Å². The van der Waals surface area contributed by atoms with Crippen LogP contribution in [0.4, 0.5) is 0 Å². The highest BCUT2D eigenvalue weighted by molar-refractivity contribution is 5.65. The highest BCUT2D eigenvalue weighted by Gasteiger charge is 2.36. The third-order valence-corrected chi connectivity index (χ3v) is 4.06. The molecule has 0 saturated heterocycles. The Hall–Kier alpha value is -1.12. The van der Waals surface area contributed by atoms with Crippen molar-refractivity contribution in [1.82, 2.24) is 5.32 Å². The van der Waals surface area contributed by atoms with E-state index >= 15 is 0 Å². The van der Waals surface area contributed by atoms with Crippen LogP contribution in [-0.4, -0.2) is 25.8 Å². The summed E-state index contributed by atoms with van der Waals surface area (Å²) in [6.07, 6.45) is 6.86. The zero-order valence-electron chi connectivity index (χ0n) is 13.0. The molecule has 2 unspecified atom stereocenters. The minimum absolute atomic E-state index is 0.0345. The van der Waals surface area contributed by atoms with Gasteiger partial charge in [0, 0.05) is 18.1 Å². The van der Waals surface area contributed by atoms with Crippen LogP contribution in [0.3, 0.4) is 0 Å². The van der Waals surface area contributed by atoms with E-state index < -0.39 is 0 Å². The molecule has 1 aliphatic rings. The summed E-state index contributed by atoms with van der Waals surface area (Å²) in [6.45, 7) is 9.18. The predicted molar refractivity (Wildman–Crippen MR) is 86.0 cm³/mol. The first-order chi connectivity index (χ1) is 9.72. The normalized spacial score (nSPS) is 21.9. The topological polar surface area (TPSA) is 21.3 Å². The highest BCUT2D eigenvalue weighted by atomic mass is 16.5. The lowest BCUT2D eigenvalue weighted by atomic mass is 9.78. The monoisotopic (exact) mass is 273 g/mol. The standard InChI is InChI=1S/C18H27NO/c1-4-12-19-15(3)13-18(14-20-5-2)11-10-16-8-6-7-9-17(16)18/h6-11,15,19H,4-5,12-14H2,1-3H3. The van der Waals surface area contributed by atoms with Crippen molar-refractivity contribution in [3.63, 3.8) is 0 Å². The second-order valence-corrected chi connectivity index (χ2v) is 5.77. The first-order valence-electron chi connectivity index (χ1n) is 7.81. The summed E-state index contributed by atoms with van der Waals surface area (Å²) in [7, 11) is 0. The van der Waals surface area contributed by atoms with Gasteiger partial charge < -0.3 is 10.1 Å². The van der Waals surface area contributed by atoms with E-state index in [1.165, 1.54) is 17.5 Å². The quantitative estimate of drug-likeness (QED) is 0.778. The molecule has 2 heteroatoms. The fraction of sp³-hybridized carbons (Fsp3) is 0.556. The number of hydrogen-bond donors (Lipinski definition) is 1. The molecular formula is C18H27NO. The maximum absolute atomic E-state index is 5.80.